The van der Waals surface area contributed by atoms with E-state index in [1.807, 2.05) is 13.8 Å². The number of hydrogen-bond acceptors (Lipinski definition) is 2. The smallest absolute Gasteiger partial charge is 0.243 e. The fourth-order valence-corrected chi connectivity index (χ4v) is 2.47. The fourth-order valence-electron chi connectivity index (χ4n) is 2.47. The molecule has 0 aromatic rings. The van der Waals surface area contributed by atoms with E-state index < -0.39 is 5.41 Å². The number of amides is 1. The summed E-state index contributed by atoms with van der Waals surface area (Å²) >= 11 is 0. The Labute approximate surface area is 104 Å². The molecule has 3 nitrogen and oxygen atoms in total. The van der Waals surface area contributed by atoms with Crippen LogP contribution in [0, 0.1) is 16.7 Å². The molecule has 1 saturated carbocycles. The van der Waals surface area contributed by atoms with E-state index in [4.69, 9.17) is 0 Å². The van der Waals surface area contributed by atoms with Gasteiger partial charge in [0.05, 0.1) is 6.07 Å². The quantitative estimate of drug-likeness (QED) is 0.702. The van der Waals surface area contributed by atoms with Crippen molar-refractivity contribution in [2.75, 3.05) is 6.54 Å². The first-order valence-electron chi connectivity index (χ1n) is 6.40. The molecular weight excluding hydrogens is 212 g/mol. The number of carbonyl (C=O) groups excluding carboxylic acids is 1. The summed E-state index contributed by atoms with van der Waals surface area (Å²) in [5.74, 6) is -0.00500. The van der Waals surface area contributed by atoms with Gasteiger partial charge in [-0.25, -0.2) is 0 Å². The molecule has 1 aliphatic rings. The van der Waals surface area contributed by atoms with Crippen molar-refractivity contribution in [2.24, 2.45) is 5.41 Å². The lowest BCUT2D eigenvalue weighted by Gasteiger charge is -2.36. The minimum absolute atomic E-state index is 0.00500. The van der Waals surface area contributed by atoms with Crippen LogP contribution >= 0.6 is 0 Å². The van der Waals surface area contributed by atoms with E-state index in [0.717, 1.165) is 19.3 Å². The van der Waals surface area contributed by atoms with Crippen LogP contribution in [0.15, 0.2) is 12.7 Å². The van der Waals surface area contributed by atoms with Crippen LogP contribution in [0.2, 0.25) is 0 Å². The molecule has 94 valence electrons. The fraction of sp³-hybridized carbons (Fsp3) is 0.714. The van der Waals surface area contributed by atoms with Gasteiger partial charge in [0, 0.05) is 12.6 Å². The highest BCUT2D eigenvalue weighted by Gasteiger charge is 2.42. The number of hydrogen-bond donors (Lipinski definition) is 0. The summed E-state index contributed by atoms with van der Waals surface area (Å²) in [5.41, 5.74) is -0.772. The maximum atomic E-state index is 12.5. The Balaban J connectivity index is 2.90. The van der Waals surface area contributed by atoms with Crippen molar-refractivity contribution in [3.8, 4) is 6.07 Å². The molecule has 0 aliphatic heterocycles. The Bertz CT molecular complexity index is 322. The predicted octanol–water partition coefficient (Wildman–Crippen LogP) is 2.88. The summed E-state index contributed by atoms with van der Waals surface area (Å²) in [6, 6.07) is 2.40. The van der Waals surface area contributed by atoms with Gasteiger partial charge in [0.15, 0.2) is 0 Å². The second-order valence-corrected chi connectivity index (χ2v) is 5.09. The van der Waals surface area contributed by atoms with Gasteiger partial charge in [-0.1, -0.05) is 25.3 Å². The van der Waals surface area contributed by atoms with Gasteiger partial charge >= 0.3 is 0 Å². The highest BCUT2D eigenvalue weighted by molar-refractivity contribution is 5.86. The van der Waals surface area contributed by atoms with E-state index in [1.165, 1.54) is 0 Å². The predicted molar refractivity (Wildman–Crippen MR) is 68.2 cm³/mol. The number of carbonyl (C=O) groups is 1. The molecule has 0 saturated heterocycles. The van der Waals surface area contributed by atoms with E-state index in [0.29, 0.717) is 19.4 Å². The van der Waals surface area contributed by atoms with Crippen LogP contribution in [0.4, 0.5) is 0 Å². The van der Waals surface area contributed by atoms with Crippen LogP contribution in [-0.4, -0.2) is 23.4 Å². The Kier molecular flexibility index (Phi) is 4.74. The Morgan fingerprint density at radius 1 is 1.47 bits per heavy atom. The van der Waals surface area contributed by atoms with E-state index in [2.05, 4.69) is 12.6 Å². The highest BCUT2D eigenvalue weighted by Crippen LogP contribution is 2.37. The Morgan fingerprint density at radius 3 is 2.47 bits per heavy atom. The topological polar surface area (TPSA) is 44.1 Å². The second kappa shape index (κ2) is 5.86. The van der Waals surface area contributed by atoms with Gasteiger partial charge in [-0.2, -0.15) is 5.26 Å². The van der Waals surface area contributed by atoms with E-state index in [1.54, 1.807) is 11.0 Å². The van der Waals surface area contributed by atoms with Gasteiger partial charge in [0.25, 0.3) is 0 Å². The van der Waals surface area contributed by atoms with Gasteiger partial charge in [-0.15, -0.1) is 6.58 Å². The summed E-state index contributed by atoms with van der Waals surface area (Å²) in [5, 5.41) is 9.39. The van der Waals surface area contributed by atoms with E-state index >= 15 is 0 Å². The first-order chi connectivity index (χ1) is 8.07. The molecule has 1 fully saturated rings. The molecule has 0 atom stereocenters. The zero-order valence-electron chi connectivity index (χ0n) is 10.9. The van der Waals surface area contributed by atoms with Crippen LogP contribution < -0.4 is 0 Å². The van der Waals surface area contributed by atoms with Crippen LogP contribution in [0.25, 0.3) is 0 Å². The van der Waals surface area contributed by atoms with Gasteiger partial charge in [0.1, 0.15) is 5.41 Å². The largest absolute Gasteiger partial charge is 0.335 e. The second-order valence-electron chi connectivity index (χ2n) is 5.09. The van der Waals surface area contributed by atoms with Crippen molar-refractivity contribution in [3.63, 3.8) is 0 Å². The van der Waals surface area contributed by atoms with Crippen molar-refractivity contribution >= 4 is 5.91 Å². The lowest BCUT2D eigenvalue weighted by Crippen LogP contribution is -2.47. The lowest BCUT2D eigenvalue weighted by atomic mass is 9.74. The molecule has 17 heavy (non-hydrogen) atoms. The van der Waals surface area contributed by atoms with E-state index in [-0.39, 0.29) is 11.9 Å². The normalized spacial score (nSPS) is 18.5. The zero-order valence-corrected chi connectivity index (χ0v) is 10.9. The molecule has 0 spiro atoms. The molecule has 1 amide bonds. The molecule has 0 heterocycles. The molecule has 0 unspecified atom stereocenters. The Hall–Kier alpha value is -1.30. The third-order valence-electron chi connectivity index (χ3n) is 3.54. The summed E-state index contributed by atoms with van der Waals surface area (Å²) in [6.07, 6.45) is 6.26. The Morgan fingerprint density at radius 2 is 2.06 bits per heavy atom. The average Bonchev–Trinajstić information content (AvgIpc) is 2.35. The third-order valence-corrected chi connectivity index (χ3v) is 3.54. The number of rotatable bonds is 4. The number of nitrogens with zero attached hydrogens (tertiary/aromatic N) is 2. The lowest BCUT2D eigenvalue weighted by molar-refractivity contribution is -0.141. The van der Waals surface area contributed by atoms with Gasteiger partial charge in [-0.05, 0) is 26.7 Å². The third kappa shape index (κ3) is 2.88. The first kappa shape index (κ1) is 13.8. The van der Waals surface area contributed by atoms with Crippen LogP contribution in [0.5, 0.6) is 0 Å². The van der Waals surface area contributed by atoms with Crippen molar-refractivity contribution < 1.29 is 4.79 Å². The minimum Gasteiger partial charge on any atom is -0.335 e. The minimum atomic E-state index is -0.772. The molecular formula is C14H22N2O. The van der Waals surface area contributed by atoms with E-state index in [9.17, 15) is 10.1 Å². The summed E-state index contributed by atoms with van der Waals surface area (Å²) in [4.78, 5) is 14.3. The maximum Gasteiger partial charge on any atom is 0.243 e. The van der Waals surface area contributed by atoms with Gasteiger partial charge < -0.3 is 4.90 Å². The standard InChI is InChI=1S/C14H22N2O/c1-4-10-16(12(2)3)13(17)14(11-15)8-6-5-7-9-14/h4,12H,1,5-10H2,2-3H3. The van der Waals surface area contributed by atoms with Crippen LogP contribution in [-0.2, 0) is 4.79 Å². The SMILES string of the molecule is C=CCN(C(=O)C1(C#N)CCCCC1)C(C)C. The van der Waals surface area contributed by atoms with Crippen molar-refractivity contribution in [3.05, 3.63) is 12.7 Å². The molecule has 1 rings (SSSR count). The number of nitriles is 1. The van der Waals surface area contributed by atoms with Gasteiger partial charge in [-0.3, -0.25) is 4.79 Å². The van der Waals surface area contributed by atoms with Crippen molar-refractivity contribution in [2.45, 2.75) is 52.0 Å². The zero-order chi connectivity index (χ0) is 12.9. The maximum absolute atomic E-state index is 12.5. The first-order valence-corrected chi connectivity index (χ1v) is 6.40. The summed E-state index contributed by atoms with van der Waals surface area (Å²) in [7, 11) is 0. The highest BCUT2D eigenvalue weighted by atomic mass is 16.2. The van der Waals surface area contributed by atoms with Gasteiger partial charge in [0.2, 0.25) is 5.91 Å². The molecule has 0 N–H and O–H groups in total. The summed E-state index contributed by atoms with van der Waals surface area (Å²) in [6.45, 7) is 8.17. The molecule has 0 aromatic carbocycles. The van der Waals surface area contributed by atoms with Crippen LogP contribution in [0.1, 0.15) is 46.0 Å². The van der Waals surface area contributed by atoms with Crippen molar-refractivity contribution in [1.82, 2.24) is 4.90 Å². The molecule has 0 aromatic heterocycles. The molecule has 1 aliphatic carbocycles. The van der Waals surface area contributed by atoms with Crippen LogP contribution in [0.3, 0.4) is 0 Å². The molecule has 3 heteroatoms. The molecule has 0 radical (unpaired) electrons. The average molecular weight is 234 g/mol. The monoisotopic (exact) mass is 234 g/mol. The summed E-state index contributed by atoms with van der Waals surface area (Å²) < 4.78 is 0. The van der Waals surface area contributed by atoms with Crippen molar-refractivity contribution in [1.29, 1.82) is 5.26 Å². The molecule has 0 bridgehead atoms.